The SMILES string of the molecule is CC(C)(C)c1ccc(OCCOC(=O)CCn2nnc3ccccc3c2=O)cc1. The number of carbonyl (C=O) groups excluding carboxylic acids is 1. The van der Waals surface area contributed by atoms with Crippen LogP contribution in [0.5, 0.6) is 5.75 Å². The first kappa shape index (κ1) is 20.5. The van der Waals surface area contributed by atoms with E-state index in [-0.39, 0.29) is 37.2 Å². The lowest BCUT2D eigenvalue weighted by atomic mass is 9.87. The molecule has 7 heteroatoms. The average Bonchev–Trinajstić information content (AvgIpc) is 2.70. The number of aryl methyl sites for hydroxylation is 1. The van der Waals surface area contributed by atoms with E-state index in [9.17, 15) is 9.59 Å². The van der Waals surface area contributed by atoms with Gasteiger partial charge in [-0.1, -0.05) is 50.3 Å². The van der Waals surface area contributed by atoms with Crippen LogP contribution in [-0.4, -0.2) is 34.2 Å². The highest BCUT2D eigenvalue weighted by atomic mass is 16.6. The van der Waals surface area contributed by atoms with Crippen LogP contribution in [0.2, 0.25) is 0 Å². The number of carbonyl (C=O) groups is 1. The molecule has 0 aliphatic carbocycles. The standard InChI is InChI=1S/C22H25N3O4/c1-22(2,3)16-8-10-17(11-9-16)28-14-15-29-20(26)12-13-25-21(27)18-6-4-5-7-19(18)23-24-25/h4-11H,12-15H2,1-3H3. The maximum atomic E-state index is 12.3. The molecule has 3 aromatic rings. The molecule has 0 aliphatic heterocycles. The van der Waals surface area contributed by atoms with E-state index in [0.29, 0.717) is 10.9 Å². The highest BCUT2D eigenvalue weighted by molar-refractivity contribution is 5.76. The van der Waals surface area contributed by atoms with Gasteiger partial charge >= 0.3 is 5.97 Å². The summed E-state index contributed by atoms with van der Waals surface area (Å²) in [7, 11) is 0. The molecule has 1 aromatic heterocycles. The van der Waals surface area contributed by atoms with Crippen LogP contribution in [0.15, 0.2) is 53.3 Å². The number of fused-ring (bicyclic) bond motifs is 1. The number of ether oxygens (including phenoxy) is 2. The van der Waals surface area contributed by atoms with E-state index in [2.05, 4.69) is 31.1 Å². The first-order valence-electron chi connectivity index (χ1n) is 9.56. The van der Waals surface area contributed by atoms with Crippen LogP contribution in [0.25, 0.3) is 10.9 Å². The Kier molecular flexibility index (Phi) is 6.26. The summed E-state index contributed by atoms with van der Waals surface area (Å²) in [5, 5.41) is 8.33. The number of rotatable bonds is 7. The molecule has 0 spiro atoms. The number of hydrogen-bond donors (Lipinski definition) is 0. The zero-order valence-corrected chi connectivity index (χ0v) is 16.9. The van der Waals surface area contributed by atoms with Crippen molar-refractivity contribution in [2.24, 2.45) is 0 Å². The minimum atomic E-state index is -0.418. The Morgan fingerprint density at radius 1 is 1.03 bits per heavy atom. The largest absolute Gasteiger partial charge is 0.490 e. The number of esters is 1. The third-order valence-electron chi connectivity index (χ3n) is 4.49. The molecule has 1 heterocycles. The second kappa shape index (κ2) is 8.86. The maximum Gasteiger partial charge on any atom is 0.307 e. The van der Waals surface area contributed by atoms with Crippen molar-refractivity contribution >= 4 is 16.9 Å². The van der Waals surface area contributed by atoms with Crippen LogP contribution in [0.4, 0.5) is 0 Å². The highest BCUT2D eigenvalue weighted by Crippen LogP contribution is 2.24. The smallest absolute Gasteiger partial charge is 0.307 e. The molecule has 29 heavy (non-hydrogen) atoms. The number of hydrogen-bond acceptors (Lipinski definition) is 6. The van der Waals surface area contributed by atoms with Gasteiger partial charge in [-0.3, -0.25) is 9.59 Å². The molecule has 0 amide bonds. The fourth-order valence-electron chi connectivity index (χ4n) is 2.81. The Labute approximate surface area is 169 Å². The van der Waals surface area contributed by atoms with Crippen molar-refractivity contribution in [3.05, 3.63) is 64.4 Å². The Hall–Kier alpha value is -3.22. The molecule has 0 fully saturated rings. The first-order chi connectivity index (χ1) is 13.8. The summed E-state index contributed by atoms with van der Waals surface area (Å²) in [6.45, 7) is 6.97. The van der Waals surface area contributed by atoms with E-state index in [4.69, 9.17) is 9.47 Å². The first-order valence-corrected chi connectivity index (χ1v) is 9.56. The fourth-order valence-corrected chi connectivity index (χ4v) is 2.81. The summed E-state index contributed by atoms with van der Waals surface area (Å²) in [5.41, 5.74) is 1.57. The molecule has 7 nitrogen and oxygen atoms in total. The van der Waals surface area contributed by atoms with E-state index < -0.39 is 5.97 Å². The molecule has 0 bridgehead atoms. The van der Waals surface area contributed by atoms with Gasteiger partial charge in [-0.05, 0) is 35.2 Å². The number of aromatic nitrogens is 3. The summed E-state index contributed by atoms with van der Waals surface area (Å²) in [6.07, 6.45) is 0.0349. The monoisotopic (exact) mass is 395 g/mol. The van der Waals surface area contributed by atoms with Gasteiger partial charge in [0.2, 0.25) is 0 Å². The zero-order chi connectivity index (χ0) is 20.9. The van der Waals surface area contributed by atoms with Gasteiger partial charge in [0.1, 0.15) is 24.5 Å². The molecule has 152 valence electrons. The van der Waals surface area contributed by atoms with E-state index in [1.165, 1.54) is 10.2 Å². The molecule has 0 N–H and O–H groups in total. The second-order valence-corrected chi connectivity index (χ2v) is 7.73. The number of benzene rings is 2. The van der Waals surface area contributed by atoms with Crippen molar-refractivity contribution in [1.29, 1.82) is 0 Å². The minimum Gasteiger partial charge on any atom is -0.490 e. The zero-order valence-electron chi connectivity index (χ0n) is 16.9. The van der Waals surface area contributed by atoms with Crippen LogP contribution in [-0.2, 0) is 21.5 Å². The Morgan fingerprint density at radius 3 is 2.48 bits per heavy atom. The highest BCUT2D eigenvalue weighted by Gasteiger charge is 2.13. The van der Waals surface area contributed by atoms with Crippen molar-refractivity contribution in [2.45, 2.75) is 39.2 Å². The predicted octanol–water partition coefficient (Wildman–Crippen LogP) is 3.10. The summed E-state index contributed by atoms with van der Waals surface area (Å²) >= 11 is 0. The van der Waals surface area contributed by atoms with Gasteiger partial charge in [-0.15, -0.1) is 5.10 Å². The van der Waals surface area contributed by atoms with Crippen LogP contribution < -0.4 is 10.3 Å². The summed E-state index contributed by atoms with van der Waals surface area (Å²) in [5.74, 6) is 0.311. The van der Waals surface area contributed by atoms with Crippen LogP contribution in [0, 0.1) is 0 Å². The van der Waals surface area contributed by atoms with E-state index in [0.717, 1.165) is 5.75 Å². The normalized spacial score (nSPS) is 11.4. The maximum absolute atomic E-state index is 12.3. The van der Waals surface area contributed by atoms with Gasteiger partial charge in [-0.2, -0.15) is 0 Å². The summed E-state index contributed by atoms with van der Waals surface area (Å²) in [6, 6.07) is 14.8. The Balaban J connectivity index is 1.43. The predicted molar refractivity (Wildman–Crippen MR) is 110 cm³/mol. The van der Waals surface area contributed by atoms with Gasteiger partial charge in [0.05, 0.1) is 18.4 Å². The van der Waals surface area contributed by atoms with Crippen LogP contribution in [0.3, 0.4) is 0 Å². The molecular formula is C22H25N3O4. The van der Waals surface area contributed by atoms with Crippen molar-refractivity contribution in [1.82, 2.24) is 15.0 Å². The quantitative estimate of drug-likeness (QED) is 0.452. The lowest BCUT2D eigenvalue weighted by Gasteiger charge is -2.19. The lowest BCUT2D eigenvalue weighted by molar-refractivity contribution is -0.144. The lowest BCUT2D eigenvalue weighted by Crippen LogP contribution is -2.26. The molecule has 0 saturated carbocycles. The molecule has 3 rings (SSSR count). The van der Waals surface area contributed by atoms with Gasteiger partial charge < -0.3 is 9.47 Å². The summed E-state index contributed by atoms with van der Waals surface area (Å²) in [4.78, 5) is 24.2. The average molecular weight is 395 g/mol. The van der Waals surface area contributed by atoms with Crippen molar-refractivity contribution in [3.63, 3.8) is 0 Å². The number of nitrogens with zero attached hydrogens (tertiary/aromatic N) is 3. The van der Waals surface area contributed by atoms with Crippen molar-refractivity contribution < 1.29 is 14.3 Å². The van der Waals surface area contributed by atoms with Gasteiger partial charge in [0, 0.05) is 0 Å². The fraction of sp³-hybridized carbons (Fsp3) is 0.364. The van der Waals surface area contributed by atoms with E-state index >= 15 is 0 Å². The van der Waals surface area contributed by atoms with Gasteiger partial charge in [0.15, 0.2) is 0 Å². The third-order valence-corrected chi connectivity index (χ3v) is 4.49. The van der Waals surface area contributed by atoms with E-state index in [1.807, 2.05) is 24.3 Å². The molecule has 0 atom stereocenters. The topological polar surface area (TPSA) is 83.3 Å². The minimum absolute atomic E-state index is 0.0349. The molecule has 0 saturated heterocycles. The Bertz CT molecular complexity index is 1040. The van der Waals surface area contributed by atoms with Gasteiger partial charge in [-0.25, -0.2) is 4.68 Å². The summed E-state index contributed by atoms with van der Waals surface area (Å²) < 4.78 is 11.9. The molecule has 0 aliphatic rings. The van der Waals surface area contributed by atoms with Gasteiger partial charge in [0.25, 0.3) is 5.56 Å². The molecule has 2 aromatic carbocycles. The van der Waals surface area contributed by atoms with E-state index in [1.54, 1.807) is 24.3 Å². The van der Waals surface area contributed by atoms with Crippen molar-refractivity contribution in [2.75, 3.05) is 13.2 Å². The second-order valence-electron chi connectivity index (χ2n) is 7.73. The molecule has 0 unspecified atom stereocenters. The molecule has 0 radical (unpaired) electrons. The van der Waals surface area contributed by atoms with Crippen LogP contribution >= 0.6 is 0 Å². The Morgan fingerprint density at radius 2 is 1.76 bits per heavy atom. The van der Waals surface area contributed by atoms with Crippen molar-refractivity contribution in [3.8, 4) is 5.75 Å². The third kappa shape index (κ3) is 5.40. The molecular weight excluding hydrogens is 370 g/mol. The van der Waals surface area contributed by atoms with Crippen LogP contribution in [0.1, 0.15) is 32.8 Å².